The van der Waals surface area contributed by atoms with Crippen molar-refractivity contribution in [2.45, 2.75) is 207 Å². The van der Waals surface area contributed by atoms with Crippen molar-refractivity contribution in [1.82, 2.24) is 49.8 Å². The van der Waals surface area contributed by atoms with E-state index in [4.69, 9.17) is 14.2 Å². The Kier molecular flexibility index (Phi) is 30.4. The van der Waals surface area contributed by atoms with Crippen LogP contribution in [-0.2, 0) is 88.3 Å². The van der Waals surface area contributed by atoms with Crippen molar-refractivity contribution in [2.24, 2.45) is 0 Å². The van der Waals surface area contributed by atoms with E-state index in [0.29, 0.717) is 66.6 Å². The minimum Gasteiger partial charge on any atom is -0.480 e. The number of nitrogens with one attached hydrogen (secondary N) is 3. The number of carbonyl (C=O) groups is 11. The lowest BCUT2D eigenvalue weighted by Gasteiger charge is -2.27. The molecule has 0 aliphatic carbocycles. The maximum Gasteiger partial charge on any atom is 0.329 e. The molecule has 0 aliphatic heterocycles. The molecule has 28 nitrogen and oxygen atoms in total. The van der Waals surface area contributed by atoms with Gasteiger partial charge in [-0.2, -0.15) is 0 Å². The number of rotatable bonds is 39. The lowest BCUT2D eigenvalue weighted by Crippen LogP contribution is -2.53. The van der Waals surface area contributed by atoms with E-state index in [2.05, 4.69) is 25.9 Å². The van der Waals surface area contributed by atoms with Crippen LogP contribution in [-0.4, -0.2) is 188 Å². The lowest BCUT2D eigenvalue weighted by atomic mass is 10.1. The van der Waals surface area contributed by atoms with Crippen molar-refractivity contribution in [2.75, 3.05) is 39.3 Å². The van der Waals surface area contributed by atoms with Crippen LogP contribution in [0.3, 0.4) is 0 Å². The first-order valence-corrected chi connectivity index (χ1v) is 27.9. The van der Waals surface area contributed by atoms with Gasteiger partial charge in [-0.05, 0) is 107 Å². The molecular formula is C55H88N10O18. The minimum atomic E-state index is -1.39. The van der Waals surface area contributed by atoms with Crippen molar-refractivity contribution >= 4 is 65.5 Å². The first kappa shape index (κ1) is 71.5. The summed E-state index contributed by atoms with van der Waals surface area (Å²) < 4.78 is 19.4. The van der Waals surface area contributed by atoms with E-state index in [-0.39, 0.29) is 38.3 Å². The van der Waals surface area contributed by atoms with Gasteiger partial charge in [0.05, 0.1) is 13.1 Å². The molecule has 83 heavy (non-hydrogen) atoms. The molecule has 0 aromatic carbocycles. The van der Waals surface area contributed by atoms with Crippen LogP contribution < -0.4 is 16.0 Å². The number of unbranched alkanes of at least 4 members (excludes halogenated alkanes) is 8. The fourth-order valence-electron chi connectivity index (χ4n) is 8.22. The fourth-order valence-corrected chi connectivity index (χ4v) is 8.22. The summed E-state index contributed by atoms with van der Waals surface area (Å²) in [5.41, 5.74) is -2.50. The molecule has 0 saturated heterocycles. The number of amides is 5. The molecule has 0 fully saturated rings. The number of nitrogens with zero attached hydrogens (tertiary/aromatic N) is 7. The van der Waals surface area contributed by atoms with Crippen LogP contribution in [0, 0.1) is 0 Å². The Morgan fingerprint density at radius 3 is 1.33 bits per heavy atom. The summed E-state index contributed by atoms with van der Waals surface area (Å²) in [6, 6.07) is -3.16. The first-order valence-electron chi connectivity index (χ1n) is 27.9. The zero-order chi connectivity index (χ0) is 62.5. The van der Waals surface area contributed by atoms with Crippen molar-refractivity contribution < 1.29 is 87.4 Å². The normalized spacial score (nSPS) is 12.4. The molecule has 2 atom stereocenters. The molecule has 0 spiro atoms. The van der Waals surface area contributed by atoms with Gasteiger partial charge in [0.1, 0.15) is 79.8 Å². The Hall–Kier alpha value is -7.65. The monoisotopic (exact) mass is 1180 g/mol. The molecule has 2 heterocycles. The Bertz CT molecular complexity index is 2350. The number of carboxylic acid groups (broad SMARTS) is 4. The van der Waals surface area contributed by atoms with Gasteiger partial charge in [0.15, 0.2) is 0 Å². The van der Waals surface area contributed by atoms with Crippen LogP contribution in [0.1, 0.15) is 164 Å². The summed E-state index contributed by atoms with van der Waals surface area (Å²) >= 11 is 0. The Morgan fingerprint density at radius 1 is 0.518 bits per heavy atom. The second-order valence-electron chi connectivity index (χ2n) is 23.1. The van der Waals surface area contributed by atoms with Gasteiger partial charge in [-0.3, -0.25) is 43.3 Å². The van der Waals surface area contributed by atoms with Crippen molar-refractivity contribution in [3.8, 4) is 0 Å². The Balaban J connectivity index is 1.93. The molecule has 0 aliphatic rings. The maximum atomic E-state index is 13.3. The third kappa shape index (κ3) is 32.5. The zero-order valence-electron chi connectivity index (χ0n) is 49.6. The van der Waals surface area contributed by atoms with Crippen LogP contribution in [0.25, 0.3) is 0 Å². The second kappa shape index (κ2) is 35.4. The van der Waals surface area contributed by atoms with Crippen LogP contribution in [0.4, 0.5) is 4.79 Å². The number of esters is 3. The van der Waals surface area contributed by atoms with E-state index in [0.717, 1.165) is 38.5 Å². The fraction of sp³-hybridized carbons (Fsp3) is 0.691. The van der Waals surface area contributed by atoms with Gasteiger partial charge in [-0.25, -0.2) is 24.4 Å². The highest BCUT2D eigenvalue weighted by Crippen LogP contribution is 2.18. The molecule has 0 unspecified atom stereocenters. The number of carbonyl (C=O) groups excluding carboxylic acids is 7. The number of imidazole rings is 2. The molecule has 466 valence electrons. The van der Waals surface area contributed by atoms with E-state index < -0.39 is 128 Å². The number of ether oxygens (including phenoxy) is 3. The van der Waals surface area contributed by atoms with Crippen LogP contribution in [0.2, 0.25) is 0 Å². The Morgan fingerprint density at radius 2 is 0.916 bits per heavy atom. The summed E-state index contributed by atoms with van der Waals surface area (Å²) in [4.78, 5) is 149. The van der Waals surface area contributed by atoms with Gasteiger partial charge in [-0.15, -0.1) is 0 Å². The smallest absolute Gasteiger partial charge is 0.329 e. The summed E-state index contributed by atoms with van der Waals surface area (Å²) in [7, 11) is 0. The van der Waals surface area contributed by atoms with Gasteiger partial charge >= 0.3 is 47.8 Å². The maximum absolute atomic E-state index is 13.3. The van der Waals surface area contributed by atoms with Crippen molar-refractivity contribution in [3.05, 3.63) is 36.4 Å². The average molecular weight is 1180 g/mol. The van der Waals surface area contributed by atoms with Gasteiger partial charge in [0, 0.05) is 44.2 Å². The summed E-state index contributed by atoms with van der Waals surface area (Å²) in [6.07, 6.45) is 13.7. The largest absolute Gasteiger partial charge is 0.480 e. The van der Waals surface area contributed by atoms with Crippen LogP contribution in [0.5, 0.6) is 0 Å². The van der Waals surface area contributed by atoms with Gasteiger partial charge in [0.2, 0.25) is 17.7 Å². The SMILES string of the molecule is CC(C)(C)OC(=O)CC[C@H](NC(=O)N[C@@H](CCCCNC(=O)CCCCCCCCCCN(Cc1nccn1CC(=O)N(CC(=O)O)CC(=O)O)Cc1nccn1CC(=O)N(CC(=O)O)CC(=O)O)C(=O)OC(C)(C)C)C(=O)OC(C)(C)C. The number of carboxylic acids is 4. The van der Waals surface area contributed by atoms with E-state index in [1.165, 1.54) is 33.9 Å². The number of aromatic nitrogens is 4. The lowest BCUT2D eigenvalue weighted by molar-refractivity contribution is -0.159. The molecule has 5 amide bonds. The zero-order valence-corrected chi connectivity index (χ0v) is 49.6. The minimum absolute atomic E-state index is 0.112. The van der Waals surface area contributed by atoms with Gasteiger partial charge in [0.25, 0.3) is 0 Å². The summed E-state index contributed by atoms with van der Waals surface area (Å²) in [6.45, 7) is 12.3. The predicted octanol–water partition coefficient (Wildman–Crippen LogP) is 3.72. The topological polar surface area (TPSA) is 378 Å². The highest BCUT2D eigenvalue weighted by molar-refractivity contribution is 5.88. The molecule has 2 aromatic rings. The van der Waals surface area contributed by atoms with Crippen LogP contribution in [0.15, 0.2) is 24.8 Å². The first-order chi connectivity index (χ1) is 38.7. The molecule has 0 bridgehead atoms. The second-order valence-corrected chi connectivity index (χ2v) is 23.1. The number of urea groups is 1. The molecule has 0 saturated carbocycles. The molecule has 7 N–H and O–H groups in total. The number of aliphatic carboxylic acids is 4. The van der Waals surface area contributed by atoms with Crippen molar-refractivity contribution in [3.63, 3.8) is 0 Å². The number of hydrogen-bond acceptors (Lipinski definition) is 17. The van der Waals surface area contributed by atoms with E-state index in [9.17, 15) is 73.2 Å². The van der Waals surface area contributed by atoms with E-state index in [1.54, 1.807) is 62.3 Å². The van der Waals surface area contributed by atoms with E-state index >= 15 is 0 Å². The number of hydrogen-bond donors (Lipinski definition) is 7. The summed E-state index contributed by atoms with van der Waals surface area (Å²) in [5.74, 6) is -8.39. The third-order valence-electron chi connectivity index (χ3n) is 11.9. The van der Waals surface area contributed by atoms with Gasteiger partial charge < -0.3 is 69.5 Å². The van der Waals surface area contributed by atoms with Crippen LogP contribution >= 0.6 is 0 Å². The Labute approximate surface area is 484 Å². The standard InChI is InChI=1S/C55H88N10O18/c1-53(2,3)81-49(77)23-22-39(51(79)83-55(7,8)9)60-52(80)59-38(50(78)82-54(4,5)6)20-17-18-24-58-42(66)21-16-14-12-10-11-13-15-19-27-61(30-40-56-25-28-62(40)32-43(67)64(34-45(69)70)35-46(71)72)31-41-57-26-29-63(41)33-44(68)65(36-47(73)74)37-48(75)76/h25-26,28-29,38-39H,10-24,27,30-37H2,1-9H3,(H,58,66)(H,69,70)(H,71,72)(H,73,74)(H,75,76)(H2,59,60,80)/t38-,39-/m0/s1. The molecule has 2 rings (SSSR count). The van der Waals surface area contributed by atoms with E-state index in [1.807, 2.05) is 4.90 Å². The quantitative estimate of drug-likeness (QED) is 0.0285. The van der Waals surface area contributed by atoms with Gasteiger partial charge in [-0.1, -0.05) is 38.5 Å². The highest BCUT2D eigenvalue weighted by atomic mass is 16.6. The summed E-state index contributed by atoms with van der Waals surface area (Å²) in [5, 5.41) is 45.1. The molecule has 2 aromatic heterocycles. The molecule has 0 radical (unpaired) electrons. The molecule has 28 heteroatoms. The third-order valence-corrected chi connectivity index (χ3v) is 11.9. The molecular weight excluding hydrogens is 1090 g/mol. The average Bonchev–Trinajstić information content (AvgIpc) is 4.23. The van der Waals surface area contributed by atoms with Crippen molar-refractivity contribution in [1.29, 1.82) is 0 Å². The highest BCUT2D eigenvalue weighted by Gasteiger charge is 2.32. The predicted molar refractivity (Wildman–Crippen MR) is 297 cm³/mol.